The number of nitrogens with one attached hydrogen (secondary N) is 1. The molecule has 0 radical (unpaired) electrons. The maximum atomic E-state index is 12.8. The first-order valence-corrected chi connectivity index (χ1v) is 10.3. The topological polar surface area (TPSA) is 75.7 Å². The Morgan fingerprint density at radius 2 is 2.00 bits per heavy atom. The van der Waals surface area contributed by atoms with Crippen LogP contribution >= 0.6 is 11.6 Å². The number of benzene rings is 1. The van der Waals surface area contributed by atoms with Gasteiger partial charge in [-0.25, -0.2) is 8.42 Å². The van der Waals surface area contributed by atoms with Crippen molar-refractivity contribution in [1.29, 1.82) is 0 Å². The van der Waals surface area contributed by atoms with E-state index in [1.807, 2.05) is 0 Å². The monoisotopic (exact) mass is 388 g/mol. The van der Waals surface area contributed by atoms with Gasteiger partial charge in [0.25, 0.3) is 5.91 Å². The number of ether oxygens (including phenoxy) is 1. The highest BCUT2D eigenvalue weighted by Crippen LogP contribution is 2.26. The Morgan fingerprint density at radius 1 is 1.32 bits per heavy atom. The van der Waals surface area contributed by atoms with E-state index in [2.05, 4.69) is 19.2 Å². The number of halogens is 1. The average molecular weight is 389 g/mol. The standard InChI is InChI=1S/C17H25ClN2O4S/c1-13(2)4-3-7-19-17(21)14-5-6-15(18)16(12-14)25(22,23)20-8-10-24-11-9-20/h5-6,12-13H,3-4,7-11H2,1-2H3,(H,19,21). The van der Waals surface area contributed by atoms with Crippen LogP contribution in [0.2, 0.25) is 5.02 Å². The van der Waals surface area contributed by atoms with Crippen molar-refractivity contribution in [1.82, 2.24) is 9.62 Å². The largest absolute Gasteiger partial charge is 0.379 e. The molecule has 6 nitrogen and oxygen atoms in total. The fourth-order valence-corrected chi connectivity index (χ4v) is 4.49. The number of carbonyl (C=O) groups excluding carboxylic acids is 1. The molecule has 140 valence electrons. The third-order valence-electron chi connectivity index (χ3n) is 4.03. The van der Waals surface area contributed by atoms with Gasteiger partial charge in [-0.15, -0.1) is 0 Å². The molecule has 0 atom stereocenters. The number of rotatable bonds is 7. The molecular weight excluding hydrogens is 364 g/mol. The number of carbonyl (C=O) groups is 1. The van der Waals surface area contributed by atoms with E-state index >= 15 is 0 Å². The van der Waals surface area contributed by atoms with Crippen molar-refractivity contribution in [2.45, 2.75) is 31.6 Å². The first-order valence-electron chi connectivity index (χ1n) is 8.48. The van der Waals surface area contributed by atoms with Gasteiger partial charge >= 0.3 is 0 Å². The van der Waals surface area contributed by atoms with Crippen LogP contribution in [0.5, 0.6) is 0 Å². The second kappa shape index (κ2) is 8.98. The van der Waals surface area contributed by atoms with Crippen LogP contribution in [0.3, 0.4) is 0 Å². The van der Waals surface area contributed by atoms with Gasteiger partial charge in [-0.05, 0) is 37.0 Å². The molecular formula is C17H25ClN2O4S. The Kier molecular flexibility index (Phi) is 7.25. The highest BCUT2D eigenvalue weighted by molar-refractivity contribution is 7.89. The van der Waals surface area contributed by atoms with Crippen LogP contribution in [0.25, 0.3) is 0 Å². The molecule has 0 unspecified atom stereocenters. The lowest BCUT2D eigenvalue weighted by Crippen LogP contribution is -2.40. The maximum absolute atomic E-state index is 12.8. The molecule has 0 saturated carbocycles. The van der Waals surface area contributed by atoms with E-state index in [0.717, 1.165) is 12.8 Å². The Morgan fingerprint density at radius 3 is 2.64 bits per heavy atom. The number of nitrogens with zero attached hydrogens (tertiary/aromatic N) is 1. The molecule has 1 aromatic carbocycles. The molecule has 1 amide bonds. The Hall–Kier alpha value is -1.15. The lowest BCUT2D eigenvalue weighted by atomic mass is 10.1. The van der Waals surface area contributed by atoms with Crippen molar-refractivity contribution in [3.63, 3.8) is 0 Å². The molecule has 0 bridgehead atoms. The lowest BCUT2D eigenvalue weighted by Gasteiger charge is -2.26. The minimum Gasteiger partial charge on any atom is -0.379 e. The van der Waals surface area contributed by atoms with Crippen molar-refractivity contribution in [2.75, 3.05) is 32.8 Å². The van der Waals surface area contributed by atoms with Crippen LogP contribution in [0.4, 0.5) is 0 Å². The van der Waals surface area contributed by atoms with Gasteiger partial charge in [-0.2, -0.15) is 4.31 Å². The second-order valence-corrected chi connectivity index (χ2v) is 8.77. The van der Waals surface area contributed by atoms with Gasteiger partial charge < -0.3 is 10.1 Å². The predicted octanol–water partition coefficient (Wildman–Crippen LogP) is 2.53. The summed E-state index contributed by atoms with van der Waals surface area (Å²) in [5.74, 6) is 0.288. The summed E-state index contributed by atoms with van der Waals surface area (Å²) in [5, 5.41) is 2.94. The number of hydrogen-bond donors (Lipinski definition) is 1. The van der Waals surface area contributed by atoms with Crippen molar-refractivity contribution in [3.8, 4) is 0 Å². The summed E-state index contributed by atoms with van der Waals surface area (Å²) < 4.78 is 32.1. The van der Waals surface area contributed by atoms with Gasteiger partial charge in [-0.3, -0.25) is 4.79 Å². The van der Waals surface area contributed by atoms with Crippen molar-refractivity contribution in [3.05, 3.63) is 28.8 Å². The van der Waals surface area contributed by atoms with Crippen molar-refractivity contribution >= 4 is 27.5 Å². The molecule has 1 aromatic rings. The van der Waals surface area contributed by atoms with Crippen LogP contribution in [0, 0.1) is 5.92 Å². The van der Waals surface area contributed by atoms with Crippen molar-refractivity contribution in [2.24, 2.45) is 5.92 Å². The van der Waals surface area contributed by atoms with Crippen LogP contribution in [-0.2, 0) is 14.8 Å². The maximum Gasteiger partial charge on any atom is 0.251 e. The molecule has 2 rings (SSSR count). The molecule has 1 aliphatic rings. The summed E-state index contributed by atoms with van der Waals surface area (Å²) in [4.78, 5) is 12.2. The van der Waals surface area contributed by atoms with E-state index < -0.39 is 10.0 Å². The normalized spacial score (nSPS) is 16.2. The molecule has 8 heteroatoms. The van der Waals surface area contributed by atoms with E-state index in [1.165, 1.54) is 16.4 Å². The van der Waals surface area contributed by atoms with Crippen LogP contribution < -0.4 is 5.32 Å². The zero-order chi connectivity index (χ0) is 18.4. The predicted molar refractivity (Wildman–Crippen MR) is 97.4 cm³/mol. The lowest BCUT2D eigenvalue weighted by molar-refractivity contribution is 0.0730. The van der Waals surface area contributed by atoms with Gasteiger partial charge in [0.1, 0.15) is 4.90 Å². The Bertz CT molecular complexity index is 701. The fourth-order valence-electron chi connectivity index (χ4n) is 2.58. The molecule has 1 N–H and O–H groups in total. The molecule has 1 aliphatic heterocycles. The van der Waals surface area contributed by atoms with Gasteiger partial charge in [0.15, 0.2) is 0 Å². The fraction of sp³-hybridized carbons (Fsp3) is 0.588. The molecule has 1 heterocycles. The smallest absolute Gasteiger partial charge is 0.251 e. The quantitative estimate of drug-likeness (QED) is 0.728. The van der Waals surface area contributed by atoms with Gasteiger partial charge in [0.05, 0.1) is 18.2 Å². The summed E-state index contributed by atoms with van der Waals surface area (Å²) in [7, 11) is -3.74. The molecule has 0 aromatic heterocycles. The number of amides is 1. The summed E-state index contributed by atoms with van der Waals surface area (Å²) in [5.41, 5.74) is 0.292. The summed E-state index contributed by atoms with van der Waals surface area (Å²) in [6.07, 6.45) is 1.91. The SMILES string of the molecule is CC(C)CCCNC(=O)c1ccc(Cl)c(S(=O)(=O)N2CCOCC2)c1. The molecule has 1 saturated heterocycles. The highest BCUT2D eigenvalue weighted by Gasteiger charge is 2.29. The number of sulfonamides is 1. The Labute approximate surface area is 154 Å². The summed E-state index contributed by atoms with van der Waals surface area (Å²) in [6, 6.07) is 4.35. The van der Waals surface area contributed by atoms with Gasteiger partial charge in [-0.1, -0.05) is 25.4 Å². The minimum atomic E-state index is -3.74. The minimum absolute atomic E-state index is 0.0362. The van der Waals surface area contributed by atoms with E-state index in [9.17, 15) is 13.2 Å². The first-order chi connectivity index (χ1) is 11.8. The van der Waals surface area contributed by atoms with Crippen molar-refractivity contribution < 1.29 is 17.9 Å². The zero-order valence-electron chi connectivity index (χ0n) is 14.6. The van der Waals surface area contributed by atoms with E-state index in [-0.39, 0.29) is 28.9 Å². The summed E-state index contributed by atoms with van der Waals surface area (Å²) >= 11 is 6.10. The second-order valence-electron chi connectivity index (χ2n) is 6.45. The molecule has 0 spiro atoms. The van der Waals surface area contributed by atoms with Gasteiger partial charge in [0, 0.05) is 25.2 Å². The first kappa shape index (κ1) is 20.2. The van der Waals surface area contributed by atoms with E-state index in [0.29, 0.717) is 31.2 Å². The Balaban J connectivity index is 2.12. The summed E-state index contributed by atoms with van der Waals surface area (Å²) in [6.45, 7) is 6.09. The van der Waals surface area contributed by atoms with Crippen LogP contribution in [0.1, 0.15) is 37.0 Å². The number of hydrogen-bond acceptors (Lipinski definition) is 4. The molecule has 1 fully saturated rings. The zero-order valence-corrected chi connectivity index (χ0v) is 16.2. The average Bonchev–Trinajstić information content (AvgIpc) is 2.59. The molecule has 0 aliphatic carbocycles. The van der Waals surface area contributed by atoms with E-state index in [1.54, 1.807) is 6.07 Å². The highest BCUT2D eigenvalue weighted by atomic mass is 35.5. The van der Waals surface area contributed by atoms with E-state index in [4.69, 9.17) is 16.3 Å². The van der Waals surface area contributed by atoms with Crippen LogP contribution in [-0.4, -0.2) is 51.5 Å². The number of morpholine rings is 1. The third kappa shape index (κ3) is 5.41. The molecule has 25 heavy (non-hydrogen) atoms. The van der Waals surface area contributed by atoms with Gasteiger partial charge in [0.2, 0.25) is 10.0 Å². The van der Waals surface area contributed by atoms with Crippen LogP contribution in [0.15, 0.2) is 23.1 Å². The third-order valence-corrected chi connectivity index (χ3v) is 6.41.